The second-order valence-electron chi connectivity index (χ2n) is 6.67. The molecule has 0 bridgehead atoms. The lowest BCUT2D eigenvalue weighted by atomic mass is 10.00. The molecule has 28 heavy (non-hydrogen) atoms. The number of methoxy groups -OCH3 is 2. The molecule has 2 aromatic carbocycles. The van der Waals surface area contributed by atoms with Gasteiger partial charge in [-0.15, -0.1) is 0 Å². The van der Waals surface area contributed by atoms with Gasteiger partial charge in [0.25, 0.3) is 0 Å². The van der Waals surface area contributed by atoms with Gasteiger partial charge in [-0.25, -0.2) is 0 Å². The van der Waals surface area contributed by atoms with Gasteiger partial charge in [0.05, 0.1) is 19.8 Å². The molecule has 0 atom stereocenters. The number of fused-ring (bicyclic) bond motifs is 1. The molecule has 5 nitrogen and oxygen atoms in total. The second-order valence-corrected chi connectivity index (χ2v) is 6.67. The quantitative estimate of drug-likeness (QED) is 0.455. The molecule has 3 aromatic rings. The highest BCUT2D eigenvalue weighted by Crippen LogP contribution is 2.37. The van der Waals surface area contributed by atoms with Gasteiger partial charge < -0.3 is 13.9 Å². The predicted molar refractivity (Wildman–Crippen MR) is 110 cm³/mol. The van der Waals surface area contributed by atoms with Crippen LogP contribution in [0.15, 0.2) is 57.5 Å². The zero-order valence-electron chi connectivity index (χ0n) is 16.4. The van der Waals surface area contributed by atoms with E-state index in [0.29, 0.717) is 45.6 Å². The van der Waals surface area contributed by atoms with Crippen molar-refractivity contribution in [2.45, 2.75) is 20.3 Å². The Morgan fingerprint density at radius 3 is 2.39 bits per heavy atom. The van der Waals surface area contributed by atoms with E-state index in [4.69, 9.17) is 13.9 Å². The Bertz CT molecular complexity index is 1100. The first-order valence-corrected chi connectivity index (χ1v) is 8.88. The van der Waals surface area contributed by atoms with Gasteiger partial charge >= 0.3 is 0 Å². The van der Waals surface area contributed by atoms with Crippen LogP contribution in [-0.2, 0) is 6.42 Å². The van der Waals surface area contributed by atoms with E-state index >= 15 is 0 Å². The van der Waals surface area contributed by atoms with Gasteiger partial charge in [0.15, 0.2) is 0 Å². The lowest BCUT2D eigenvalue weighted by Gasteiger charge is -2.15. The standard InChI is InChI=1S/C23H22O5/c1-14(2)5-10-17-19(26-3)11-20-21(23(17)27-4)22(25)18(13-28-20)16-8-6-15(12-24)7-9-16/h5-9,11-13H,10H2,1-4H3. The minimum Gasteiger partial charge on any atom is -0.496 e. The van der Waals surface area contributed by atoms with E-state index in [1.165, 1.54) is 13.4 Å². The molecule has 1 heterocycles. The van der Waals surface area contributed by atoms with Gasteiger partial charge in [0, 0.05) is 17.2 Å². The first-order valence-electron chi connectivity index (χ1n) is 8.88. The van der Waals surface area contributed by atoms with Crippen LogP contribution in [0.2, 0.25) is 0 Å². The molecule has 0 radical (unpaired) electrons. The third kappa shape index (κ3) is 3.56. The van der Waals surface area contributed by atoms with Crippen molar-refractivity contribution in [3.8, 4) is 22.6 Å². The molecule has 0 aliphatic heterocycles. The molecular formula is C23H22O5. The Hall–Kier alpha value is -3.34. The number of carbonyl (C=O) groups excluding carboxylic acids is 1. The summed E-state index contributed by atoms with van der Waals surface area (Å²) in [4.78, 5) is 24.2. The Kier molecular flexibility index (Phi) is 5.64. The first-order chi connectivity index (χ1) is 13.5. The molecule has 0 fully saturated rings. The molecule has 0 aliphatic carbocycles. The summed E-state index contributed by atoms with van der Waals surface area (Å²) < 4.78 is 16.9. The van der Waals surface area contributed by atoms with Crippen molar-refractivity contribution < 1.29 is 18.7 Å². The van der Waals surface area contributed by atoms with Crippen LogP contribution in [0.5, 0.6) is 11.5 Å². The molecule has 5 heteroatoms. The number of hydrogen-bond acceptors (Lipinski definition) is 5. The highest BCUT2D eigenvalue weighted by atomic mass is 16.5. The summed E-state index contributed by atoms with van der Waals surface area (Å²) in [6.45, 7) is 4.02. The Labute approximate surface area is 163 Å². The van der Waals surface area contributed by atoms with Crippen LogP contribution in [0.1, 0.15) is 29.8 Å². The van der Waals surface area contributed by atoms with Gasteiger partial charge in [-0.2, -0.15) is 0 Å². The van der Waals surface area contributed by atoms with E-state index in [1.54, 1.807) is 37.4 Å². The molecule has 0 unspecified atom stereocenters. The van der Waals surface area contributed by atoms with E-state index in [-0.39, 0.29) is 5.43 Å². The topological polar surface area (TPSA) is 65.7 Å². The van der Waals surface area contributed by atoms with Crippen molar-refractivity contribution in [2.75, 3.05) is 14.2 Å². The summed E-state index contributed by atoms with van der Waals surface area (Å²) in [5, 5.41) is 0.373. The molecule has 0 spiro atoms. The minimum atomic E-state index is -0.196. The molecule has 0 N–H and O–H groups in total. The van der Waals surface area contributed by atoms with Crippen LogP contribution >= 0.6 is 0 Å². The maximum Gasteiger partial charge on any atom is 0.204 e. The van der Waals surface area contributed by atoms with Gasteiger partial charge in [0.2, 0.25) is 5.43 Å². The summed E-state index contributed by atoms with van der Waals surface area (Å²) >= 11 is 0. The zero-order valence-corrected chi connectivity index (χ0v) is 16.4. The summed E-state index contributed by atoms with van der Waals surface area (Å²) in [5.74, 6) is 1.06. The van der Waals surface area contributed by atoms with E-state index < -0.39 is 0 Å². The van der Waals surface area contributed by atoms with Gasteiger partial charge in [-0.1, -0.05) is 35.9 Å². The summed E-state index contributed by atoms with van der Waals surface area (Å²) in [7, 11) is 3.11. The monoisotopic (exact) mass is 378 g/mol. The summed E-state index contributed by atoms with van der Waals surface area (Å²) in [6.07, 6.45) is 4.81. The molecule has 144 valence electrons. The smallest absolute Gasteiger partial charge is 0.204 e. The second kappa shape index (κ2) is 8.13. The molecule has 0 amide bonds. The van der Waals surface area contributed by atoms with Crippen molar-refractivity contribution in [2.24, 2.45) is 0 Å². The highest BCUT2D eigenvalue weighted by molar-refractivity contribution is 5.90. The fourth-order valence-electron chi connectivity index (χ4n) is 3.12. The van der Waals surface area contributed by atoms with Gasteiger partial charge in [0.1, 0.15) is 35.0 Å². The number of hydrogen-bond donors (Lipinski definition) is 0. The third-order valence-electron chi connectivity index (χ3n) is 4.58. The van der Waals surface area contributed by atoms with Crippen LogP contribution in [-0.4, -0.2) is 20.5 Å². The fourth-order valence-corrected chi connectivity index (χ4v) is 3.12. The molecule has 0 saturated carbocycles. The van der Waals surface area contributed by atoms with Gasteiger partial charge in [-0.3, -0.25) is 9.59 Å². The van der Waals surface area contributed by atoms with Crippen molar-refractivity contribution >= 4 is 17.3 Å². The highest BCUT2D eigenvalue weighted by Gasteiger charge is 2.20. The maximum atomic E-state index is 13.3. The molecule has 0 saturated heterocycles. The van der Waals surface area contributed by atoms with Crippen molar-refractivity contribution in [1.29, 1.82) is 0 Å². The number of aldehydes is 1. The van der Waals surface area contributed by atoms with E-state index in [1.807, 2.05) is 13.8 Å². The molecule has 3 rings (SSSR count). The Morgan fingerprint density at radius 1 is 1.11 bits per heavy atom. The minimum absolute atomic E-state index is 0.196. The van der Waals surface area contributed by atoms with Crippen LogP contribution in [0, 0.1) is 0 Å². The zero-order chi connectivity index (χ0) is 20.3. The first kappa shape index (κ1) is 19.4. The van der Waals surface area contributed by atoms with Crippen molar-refractivity contribution in [3.05, 3.63) is 69.6 Å². The van der Waals surface area contributed by atoms with Crippen LogP contribution in [0.3, 0.4) is 0 Å². The largest absolute Gasteiger partial charge is 0.496 e. The lowest BCUT2D eigenvalue weighted by Crippen LogP contribution is -2.09. The van der Waals surface area contributed by atoms with Gasteiger partial charge in [-0.05, 0) is 25.8 Å². The van der Waals surface area contributed by atoms with E-state index in [2.05, 4.69) is 6.08 Å². The van der Waals surface area contributed by atoms with Crippen molar-refractivity contribution in [1.82, 2.24) is 0 Å². The number of ether oxygens (including phenoxy) is 2. The maximum absolute atomic E-state index is 13.3. The number of rotatable bonds is 6. The number of carbonyl (C=O) groups is 1. The summed E-state index contributed by atoms with van der Waals surface area (Å²) in [5.41, 5.74) is 3.76. The number of allylic oxidation sites excluding steroid dienone is 2. The van der Waals surface area contributed by atoms with Crippen LogP contribution in [0.4, 0.5) is 0 Å². The fraction of sp³-hybridized carbons (Fsp3) is 0.217. The normalized spacial score (nSPS) is 10.6. The lowest BCUT2D eigenvalue weighted by molar-refractivity contribution is 0.112. The Morgan fingerprint density at radius 2 is 1.82 bits per heavy atom. The van der Waals surface area contributed by atoms with E-state index in [0.717, 1.165) is 17.4 Å². The van der Waals surface area contributed by atoms with Crippen molar-refractivity contribution in [3.63, 3.8) is 0 Å². The molecular weight excluding hydrogens is 356 g/mol. The van der Waals surface area contributed by atoms with Crippen LogP contribution < -0.4 is 14.9 Å². The SMILES string of the molecule is COc1cc2occ(-c3ccc(C=O)cc3)c(=O)c2c(OC)c1CC=C(C)C. The van der Waals surface area contributed by atoms with E-state index in [9.17, 15) is 9.59 Å². The molecule has 0 aliphatic rings. The number of benzene rings is 2. The average molecular weight is 378 g/mol. The Balaban J connectivity index is 2.29. The third-order valence-corrected chi connectivity index (χ3v) is 4.58. The average Bonchev–Trinajstić information content (AvgIpc) is 2.71. The summed E-state index contributed by atoms with van der Waals surface area (Å²) in [6, 6.07) is 8.49. The predicted octanol–water partition coefficient (Wildman–Crippen LogP) is 4.80. The molecule has 1 aromatic heterocycles. The van der Waals surface area contributed by atoms with Crippen LogP contribution in [0.25, 0.3) is 22.1 Å².